The molecule has 1 saturated carbocycles. The van der Waals surface area contributed by atoms with Crippen molar-refractivity contribution in [3.05, 3.63) is 29.8 Å². The third-order valence-corrected chi connectivity index (χ3v) is 5.72. The molecule has 2 aliphatic heterocycles. The van der Waals surface area contributed by atoms with Gasteiger partial charge in [-0.05, 0) is 49.8 Å². The molecule has 0 unspecified atom stereocenters. The highest BCUT2D eigenvalue weighted by Crippen LogP contribution is 2.38. The molecule has 1 aliphatic carbocycles. The average Bonchev–Trinajstić information content (AvgIpc) is 3.41. The Hall–Kier alpha value is -1.59. The van der Waals surface area contributed by atoms with Crippen LogP contribution in [-0.2, 0) is 9.47 Å². The molecule has 1 amide bonds. The number of rotatable bonds is 5. The quantitative estimate of drug-likeness (QED) is 0.823. The van der Waals surface area contributed by atoms with Crippen molar-refractivity contribution in [3.8, 4) is 5.75 Å². The molecule has 25 heavy (non-hydrogen) atoms. The molecule has 0 bridgehead atoms. The molecule has 0 radical (unpaired) electrons. The first-order valence-corrected chi connectivity index (χ1v) is 9.36. The number of carbonyl (C=O) groups is 1. The monoisotopic (exact) mass is 345 g/mol. The molecule has 5 heteroatoms. The number of carbonyl (C=O) groups excluding carboxylic acids is 1. The van der Waals surface area contributed by atoms with Crippen molar-refractivity contribution in [1.29, 1.82) is 0 Å². The van der Waals surface area contributed by atoms with Crippen molar-refractivity contribution >= 4 is 5.91 Å². The lowest BCUT2D eigenvalue weighted by Crippen LogP contribution is -2.46. The van der Waals surface area contributed by atoms with E-state index in [4.69, 9.17) is 14.2 Å². The van der Waals surface area contributed by atoms with Gasteiger partial charge in [0, 0.05) is 31.7 Å². The van der Waals surface area contributed by atoms with Crippen LogP contribution in [0.3, 0.4) is 0 Å². The van der Waals surface area contributed by atoms with Crippen LogP contribution < -0.4 is 4.74 Å². The molecule has 1 atom stereocenters. The maximum absolute atomic E-state index is 12.7. The molecule has 2 heterocycles. The van der Waals surface area contributed by atoms with Crippen LogP contribution in [0.1, 0.15) is 42.5 Å². The lowest BCUT2D eigenvalue weighted by molar-refractivity contribution is -0.0410. The fourth-order valence-corrected chi connectivity index (χ4v) is 3.87. The summed E-state index contributed by atoms with van der Waals surface area (Å²) in [7, 11) is 1.62. The van der Waals surface area contributed by atoms with Crippen LogP contribution in [0.25, 0.3) is 0 Å². The summed E-state index contributed by atoms with van der Waals surface area (Å²) in [5.74, 6) is 1.58. The lowest BCUT2D eigenvalue weighted by atomic mass is 9.87. The van der Waals surface area contributed by atoms with E-state index in [1.165, 1.54) is 12.8 Å². The van der Waals surface area contributed by atoms with Gasteiger partial charge >= 0.3 is 0 Å². The van der Waals surface area contributed by atoms with E-state index < -0.39 is 0 Å². The molecule has 5 nitrogen and oxygen atoms in total. The molecule has 2 saturated heterocycles. The second kappa shape index (κ2) is 6.96. The van der Waals surface area contributed by atoms with Crippen molar-refractivity contribution in [2.24, 2.45) is 5.92 Å². The number of amides is 1. The van der Waals surface area contributed by atoms with Crippen molar-refractivity contribution < 1.29 is 19.0 Å². The normalized spacial score (nSPS) is 25.3. The van der Waals surface area contributed by atoms with E-state index in [0.29, 0.717) is 17.9 Å². The van der Waals surface area contributed by atoms with E-state index in [2.05, 4.69) is 0 Å². The standard InChI is InChI=1S/C20H27NO4/c1-23-17-4-2-3-16(11-17)19(22)21-9-7-20(8-10-21)12-18(14-25-20)24-13-15-5-6-15/h2-4,11,15,18H,5-10,12-14H2,1H3/t18-/m1/s1. The Kier molecular flexibility index (Phi) is 4.69. The highest BCUT2D eigenvalue weighted by molar-refractivity contribution is 5.94. The first-order valence-electron chi connectivity index (χ1n) is 9.36. The summed E-state index contributed by atoms with van der Waals surface area (Å²) in [6.07, 6.45) is 5.64. The molecule has 136 valence electrons. The van der Waals surface area contributed by atoms with E-state index in [0.717, 1.165) is 44.9 Å². The minimum Gasteiger partial charge on any atom is -0.497 e. The molecular weight excluding hydrogens is 318 g/mol. The van der Waals surface area contributed by atoms with Gasteiger partial charge in [0.05, 0.1) is 25.4 Å². The Morgan fingerprint density at radius 2 is 2.12 bits per heavy atom. The largest absolute Gasteiger partial charge is 0.497 e. The minimum absolute atomic E-state index is 0.0771. The number of likely N-dealkylation sites (tertiary alicyclic amines) is 1. The molecule has 1 spiro atoms. The molecule has 4 rings (SSSR count). The molecular formula is C20H27NO4. The Balaban J connectivity index is 1.31. The number of nitrogens with zero attached hydrogens (tertiary/aromatic N) is 1. The predicted octanol–water partition coefficient (Wildman–Crippen LogP) is 2.89. The van der Waals surface area contributed by atoms with Gasteiger partial charge in [-0.2, -0.15) is 0 Å². The highest BCUT2D eigenvalue weighted by Gasteiger charge is 2.44. The smallest absolute Gasteiger partial charge is 0.253 e. The first kappa shape index (κ1) is 16.9. The highest BCUT2D eigenvalue weighted by atomic mass is 16.6. The summed E-state index contributed by atoms with van der Waals surface area (Å²) in [5.41, 5.74) is 0.604. The van der Waals surface area contributed by atoms with Crippen LogP contribution in [-0.4, -0.2) is 55.9 Å². The molecule has 0 N–H and O–H groups in total. The van der Waals surface area contributed by atoms with Gasteiger partial charge in [0.15, 0.2) is 0 Å². The topological polar surface area (TPSA) is 48.0 Å². The zero-order chi connectivity index (χ0) is 17.3. The molecule has 1 aromatic carbocycles. The van der Waals surface area contributed by atoms with E-state index in [1.807, 2.05) is 23.1 Å². The Morgan fingerprint density at radius 3 is 2.84 bits per heavy atom. The van der Waals surface area contributed by atoms with Gasteiger partial charge in [-0.1, -0.05) is 6.07 Å². The molecule has 3 fully saturated rings. The van der Waals surface area contributed by atoms with E-state index in [-0.39, 0.29) is 17.6 Å². The van der Waals surface area contributed by atoms with Crippen LogP contribution in [0.15, 0.2) is 24.3 Å². The van der Waals surface area contributed by atoms with Gasteiger partial charge in [0.2, 0.25) is 0 Å². The Morgan fingerprint density at radius 1 is 1.32 bits per heavy atom. The van der Waals surface area contributed by atoms with Crippen LogP contribution in [0.5, 0.6) is 5.75 Å². The van der Waals surface area contributed by atoms with Gasteiger partial charge in [0.1, 0.15) is 5.75 Å². The van der Waals surface area contributed by atoms with Crippen LogP contribution in [0.4, 0.5) is 0 Å². The second-order valence-electron chi connectivity index (χ2n) is 7.62. The SMILES string of the molecule is COc1cccc(C(=O)N2CCC3(CC2)C[C@@H](OCC2CC2)CO3)c1. The summed E-state index contributed by atoms with van der Waals surface area (Å²) < 4.78 is 17.4. The maximum Gasteiger partial charge on any atom is 0.253 e. The van der Waals surface area contributed by atoms with Crippen LogP contribution >= 0.6 is 0 Å². The predicted molar refractivity (Wildman–Crippen MR) is 93.9 cm³/mol. The van der Waals surface area contributed by atoms with Crippen molar-refractivity contribution in [3.63, 3.8) is 0 Å². The summed E-state index contributed by atoms with van der Waals surface area (Å²) in [4.78, 5) is 14.7. The summed E-state index contributed by atoms with van der Waals surface area (Å²) in [6, 6.07) is 7.37. The van der Waals surface area contributed by atoms with E-state index in [1.54, 1.807) is 13.2 Å². The summed E-state index contributed by atoms with van der Waals surface area (Å²) in [6.45, 7) is 3.08. The van der Waals surface area contributed by atoms with Gasteiger partial charge < -0.3 is 19.1 Å². The number of piperidine rings is 1. The van der Waals surface area contributed by atoms with E-state index in [9.17, 15) is 4.79 Å². The Bertz CT molecular complexity index is 620. The number of ether oxygens (including phenoxy) is 3. The fraction of sp³-hybridized carbons (Fsp3) is 0.650. The minimum atomic E-state index is -0.0840. The summed E-state index contributed by atoms with van der Waals surface area (Å²) in [5, 5.41) is 0. The fourth-order valence-electron chi connectivity index (χ4n) is 3.87. The molecule has 1 aromatic rings. The number of hydrogen-bond acceptors (Lipinski definition) is 4. The van der Waals surface area contributed by atoms with Crippen molar-refractivity contribution in [1.82, 2.24) is 4.90 Å². The lowest BCUT2D eigenvalue weighted by Gasteiger charge is -2.38. The van der Waals surface area contributed by atoms with Crippen LogP contribution in [0.2, 0.25) is 0 Å². The van der Waals surface area contributed by atoms with Crippen LogP contribution in [0, 0.1) is 5.92 Å². The number of methoxy groups -OCH3 is 1. The average molecular weight is 345 g/mol. The zero-order valence-electron chi connectivity index (χ0n) is 14.9. The molecule has 3 aliphatic rings. The van der Waals surface area contributed by atoms with Gasteiger partial charge in [-0.15, -0.1) is 0 Å². The van der Waals surface area contributed by atoms with Gasteiger partial charge in [-0.25, -0.2) is 0 Å². The van der Waals surface area contributed by atoms with Crippen molar-refractivity contribution in [2.75, 3.05) is 33.4 Å². The number of benzene rings is 1. The van der Waals surface area contributed by atoms with Gasteiger partial charge in [-0.3, -0.25) is 4.79 Å². The number of hydrogen-bond donors (Lipinski definition) is 0. The summed E-state index contributed by atoms with van der Waals surface area (Å²) >= 11 is 0. The maximum atomic E-state index is 12.7. The molecule has 0 aromatic heterocycles. The van der Waals surface area contributed by atoms with Gasteiger partial charge in [0.25, 0.3) is 5.91 Å². The third kappa shape index (κ3) is 3.82. The third-order valence-electron chi connectivity index (χ3n) is 5.72. The zero-order valence-corrected chi connectivity index (χ0v) is 14.9. The van der Waals surface area contributed by atoms with E-state index >= 15 is 0 Å². The Labute approximate surface area is 149 Å². The first-order chi connectivity index (χ1) is 12.2. The second-order valence-corrected chi connectivity index (χ2v) is 7.62. The van der Waals surface area contributed by atoms with Crippen molar-refractivity contribution in [2.45, 2.75) is 43.8 Å².